The number of aliphatic hydroxyl groups is 1. The highest BCUT2D eigenvalue weighted by atomic mass is 16.3. The molecule has 0 saturated heterocycles. The van der Waals surface area contributed by atoms with E-state index in [4.69, 9.17) is 9.97 Å². The van der Waals surface area contributed by atoms with Gasteiger partial charge in [0.05, 0.1) is 23.7 Å². The minimum Gasteiger partial charge on any atom is -0.392 e. The Morgan fingerprint density at radius 3 is 2.41 bits per heavy atom. The summed E-state index contributed by atoms with van der Waals surface area (Å²) in [6, 6.07) is 6.25. The molecule has 0 unspecified atom stereocenters. The predicted octanol–water partition coefficient (Wildman–Crippen LogP) is 6.40. The van der Waals surface area contributed by atoms with E-state index in [-0.39, 0.29) is 12.5 Å². The quantitative estimate of drug-likeness (QED) is 0.482. The Bertz CT molecular complexity index is 1160. The standard InChI is InChI=1S/C32H41N3O2/c36-19-21-6-8-26-25(13-21)7-9-27-30(26)33-28(18-32-15-22-10-23(16-32)12-24(11-22)17-32)31(34-27)35-29(37)14-20-4-2-1-3-5-20/h6,8,13,20,22-24,36H,1-5,7,9-12,14-19H2,(H,34,35,37). The van der Waals surface area contributed by atoms with E-state index in [0.717, 1.165) is 71.0 Å². The van der Waals surface area contributed by atoms with E-state index >= 15 is 0 Å². The molecular formula is C32H41N3O2. The van der Waals surface area contributed by atoms with Crippen LogP contribution in [0.1, 0.15) is 99.6 Å². The molecule has 2 N–H and O–H groups in total. The third kappa shape index (κ3) is 4.62. The van der Waals surface area contributed by atoms with Gasteiger partial charge < -0.3 is 10.4 Å². The third-order valence-corrected chi connectivity index (χ3v) is 10.4. The molecule has 0 radical (unpaired) electrons. The maximum absolute atomic E-state index is 13.2. The Balaban J connectivity index is 1.22. The van der Waals surface area contributed by atoms with Crippen molar-refractivity contribution in [3.05, 3.63) is 40.7 Å². The predicted molar refractivity (Wildman–Crippen MR) is 145 cm³/mol. The summed E-state index contributed by atoms with van der Waals surface area (Å²) in [6.45, 7) is 0.0645. The number of carbonyl (C=O) groups is 1. The average Bonchev–Trinajstić information content (AvgIpc) is 2.88. The van der Waals surface area contributed by atoms with Crippen molar-refractivity contribution in [3.63, 3.8) is 0 Å². The van der Waals surface area contributed by atoms with E-state index in [2.05, 4.69) is 17.4 Å². The summed E-state index contributed by atoms with van der Waals surface area (Å²) in [4.78, 5) is 23.7. The van der Waals surface area contributed by atoms with Crippen LogP contribution in [0.4, 0.5) is 5.82 Å². The maximum Gasteiger partial charge on any atom is 0.225 e. The molecule has 2 aromatic rings. The first kappa shape index (κ1) is 23.8. The molecule has 37 heavy (non-hydrogen) atoms. The van der Waals surface area contributed by atoms with Gasteiger partial charge in [-0.15, -0.1) is 0 Å². The van der Waals surface area contributed by atoms with Gasteiger partial charge in [-0.2, -0.15) is 0 Å². The fraction of sp³-hybridized carbons (Fsp3) is 0.656. The number of fused-ring (bicyclic) bond motifs is 3. The maximum atomic E-state index is 13.2. The number of aliphatic hydroxyl groups excluding tert-OH is 1. The Labute approximate surface area is 220 Å². The van der Waals surface area contributed by atoms with Crippen LogP contribution in [0, 0.1) is 29.1 Å². The molecule has 0 spiro atoms. The number of rotatable bonds is 6. The fourth-order valence-corrected chi connectivity index (χ4v) is 9.25. The first-order valence-corrected chi connectivity index (χ1v) is 15.0. The first-order valence-electron chi connectivity index (χ1n) is 15.0. The molecule has 1 amide bonds. The van der Waals surface area contributed by atoms with Gasteiger partial charge in [-0.05, 0) is 111 Å². The zero-order valence-corrected chi connectivity index (χ0v) is 22.1. The molecule has 5 nitrogen and oxygen atoms in total. The number of nitrogens with zero attached hydrogens (tertiary/aromatic N) is 2. The number of nitrogens with one attached hydrogen (secondary N) is 1. The molecule has 6 aliphatic carbocycles. The Morgan fingerprint density at radius 1 is 0.973 bits per heavy atom. The number of aromatic nitrogens is 2. The van der Waals surface area contributed by atoms with E-state index in [1.807, 2.05) is 6.07 Å². The second-order valence-electron chi connectivity index (χ2n) is 13.3. The van der Waals surface area contributed by atoms with E-state index < -0.39 is 0 Å². The highest BCUT2D eigenvalue weighted by Crippen LogP contribution is 2.61. The second kappa shape index (κ2) is 9.48. The minimum atomic E-state index is 0.0645. The number of aryl methyl sites for hydroxylation is 2. The Hall–Kier alpha value is -2.27. The molecule has 5 saturated carbocycles. The number of hydrogen-bond donors (Lipinski definition) is 2. The zero-order chi connectivity index (χ0) is 25.0. The molecule has 5 fully saturated rings. The van der Waals surface area contributed by atoms with Gasteiger partial charge in [0.1, 0.15) is 0 Å². The van der Waals surface area contributed by atoms with Gasteiger partial charge in [-0.25, -0.2) is 9.97 Å². The number of amides is 1. The molecule has 5 heteroatoms. The lowest BCUT2D eigenvalue weighted by atomic mass is 9.48. The summed E-state index contributed by atoms with van der Waals surface area (Å²) >= 11 is 0. The van der Waals surface area contributed by atoms with Crippen molar-refractivity contribution < 1.29 is 9.90 Å². The van der Waals surface area contributed by atoms with Crippen LogP contribution in [-0.2, 0) is 30.7 Å². The molecule has 1 aromatic carbocycles. The van der Waals surface area contributed by atoms with Crippen LogP contribution >= 0.6 is 0 Å². The van der Waals surface area contributed by atoms with Crippen LogP contribution in [0.3, 0.4) is 0 Å². The Kier molecular flexibility index (Phi) is 6.10. The van der Waals surface area contributed by atoms with Gasteiger partial charge in [-0.1, -0.05) is 37.5 Å². The van der Waals surface area contributed by atoms with Crippen molar-refractivity contribution in [2.75, 3.05) is 5.32 Å². The normalized spacial score (nSPS) is 30.1. The van der Waals surface area contributed by atoms with E-state index in [9.17, 15) is 9.90 Å². The van der Waals surface area contributed by atoms with Crippen molar-refractivity contribution in [3.8, 4) is 11.3 Å². The van der Waals surface area contributed by atoms with Crippen molar-refractivity contribution in [1.82, 2.24) is 9.97 Å². The molecule has 8 rings (SSSR count). The van der Waals surface area contributed by atoms with Gasteiger partial charge >= 0.3 is 0 Å². The van der Waals surface area contributed by atoms with Crippen LogP contribution in [0.5, 0.6) is 0 Å². The van der Waals surface area contributed by atoms with E-state index in [1.165, 1.54) is 76.2 Å². The van der Waals surface area contributed by atoms with Gasteiger partial charge in [0.2, 0.25) is 5.91 Å². The SMILES string of the molecule is O=C(CC1CCCCC1)Nc1nc2c(nc1CC13CC4CC(CC(C4)C1)C3)-c1ccc(CO)cc1CC2. The largest absolute Gasteiger partial charge is 0.392 e. The van der Waals surface area contributed by atoms with Crippen LogP contribution in [-0.4, -0.2) is 21.0 Å². The van der Waals surface area contributed by atoms with Crippen LogP contribution < -0.4 is 5.32 Å². The van der Waals surface area contributed by atoms with Gasteiger partial charge in [-0.3, -0.25) is 4.79 Å². The molecular weight excluding hydrogens is 458 g/mol. The summed E-state index contributed by atoms with van der Waals surface area (Å²) in [6.07, 6.45) is 17.7. The van der Waals surface area contributed by atoms with Gasteiger partial charge in [0.15, 0.2) is 5.82 Å². The lowest BCUT2D eigenvalue weighted by Crippen LogP contribution is -2.47. The van der Waals surface area contributed by atoms with Crippen molar-refractivity contribution in [2.45, 2.75) is 103 Å². The zero-order valence-electron chi connectivity index (χ0n) is 22.1. The lowest BCUT2D eigenvalue weighted by Gasteiger charge is -2.57. The molecule has 196 valence electrons. The summed E-state index contributed by atoms with van der Waals surface area (Å²) < 4.78 is 0. The monoisotopic (exact) mass is 499 g/mol. The smallest absolute Gasteiger partial charge is 0.225 e. The molecule has 4 bridgehead atoms. The average molecular weight is 500 g/mol. The van der Waals surface area contributed by atoms with Crippen molar-refractivity contribution >= 4 is 11.7 Å². The molecule has 0 atom stereocenters. The first-order chi connectivity index (χ1) is 18.1. The number of benzene rings is 1. The van der Waals surface area contributed by atoms with E-state index in [1.54, 1.807) is 0 Å². The van der Waals surface area contributed by atoms with Crippen molar-refractivity contribution in [2.24, 2.45) is 29.1 Å². The fourth-order valence-electron chi connectivity index (χ4n) is 9.25. The van der Waals surface area contributed by atoms with Crippen LogP contribution in [0.25, 0.3) is 11.3 Å². The summed E-state index contributed by atoms with van der Waals surface area (Å²) in [5.41, 5.74) is 6.70. The summed E-state index contributed by atoms with van der Waals surface area (Å²) in [5.74, 6) is 4.04. The van der Waals surface area contributed by atoms with Crippen LogP contribution in [0.15, 0.2) is 18.2 Å². The lowest BCUT2D eigenvalue weighted by molar-refractivity contribution is -0.117. The second-order valence-corrected chi connectivity index (χ2v) is 13.3. The summed E-state index contributed by atoms with van der Waals surface area (Å²) in [5, 5.41) is 12.9. The number of anilines is 1. The van der Waals surface area contributed by atoms with Gasteiger partial charge in [0, 0.05) is 12.0 Å². The van der Waals surface area contributed by atoms with E-state index in [0.29, 0.717) is 17.8 Å². The van der Waals surface area contributed by atoms with Crippen molar-refractivity contribution in [1.29, 1.82) is 0 Å². The molecule has 0 aliphatic heterocycles. The number of hydrogen-bond acceptors (Lipinski definition) is 4. The minimum absolute atomic E-state index is 0.0645. The highest BCUT2D eigenvalue weighted by Gasteiger charge is 2.51. The Morgan fingerprint density at radius 2 is 1.70 bits per heavy atom. The molecule has 1 heterocycles. The highest BCUT2D eigenvalue weighted by molar-refractivity contribution is 5.90. The molecule has 1 aromatic heterocycles. The van der Waals surface area contributed by atoms with Gasteiger partial charge in [0.25, 0.3) is 0 Å². The third-order valence-electron chi connectivity index (χ3n) is 10.4. The topological polar surface area (TPSA) is 75.1 Å². The van der Waals surface area contributed by atoms with Crippen LogP contribution in [0.2, 0.25) is 0 Å². The molecule has 6 aliphatic rings. The number of carbonyl (C=O) groups excluding carboxylic acids is 1. The summed E-state index contributed by atoms with van der Waals surface area (Å²) in [7, 11) is 0.